The summed E-state index contributed by atoms with van der Waals surface area (Å²) in [6.07, 6.45) is 0. The van der Waals surface area contributed by atoms with Gasteiger partial charge in [0.25, 0.3) is 0 Å². The second-order valence-corrected chi connectivity index (χ2v) is 7.40. The third-order valence-corrected chi connectivity index (χ3v) is 5.00. The summed E-state index contributed by atoms with van der Waals surface area (Å²) in [7, 11) is 0.344. The van der Waals surface area contributed by atoms with Gasteiger partial charge in [0, 0.05) is 24.8 Å². The number of anilines is 1. The van der Waals surface area contributed by atoms with Gasteiger partial charge in [0.05, 0.1) is 4.90 Å². The molecule has 0 radical (unpaired) electrons. The minimum Gasteiger partial charge on any atom is -0.385 e. The molecule has 2 N–H and O–H groups in total. The summed E-state index contributed by atoms with van der Waals surface area (Å²) >= 11 is 0. The Kier molecular flexibility index (Phi) is 6.19. The van der Waals surface area contributed by atoms with Crippen LogP contribution in [0.4, 0.5) is 5.69 Å². The van der Waals surface area contributed by atoms with E-state index in [2.05, 4.69) is 10.0 Å². The van der Waals surface area contributed by atoms with Crippen LogP contribution >= 0.6 is 0 Å². The van der Waals surface area contributed by atoms with Crippen molar-refractivity contribution < 1.29 is 8.42 Å². The molecule has 0 bridgehead atoms. The second kappa shape index (κ2) is 7.24. The third kappa shape index (κ3) is 4.98. The highest BCUT2D eigenvalue weighted by molar-refractivity contribution is 7.89. The number of hydrogen-bond acceptors (Lipinski definition) is 4. The van der Waals surface area contributed by atoms with Gasteiger partial charge < -0.3 is 10.2 Å². The lowest BCUT2D eigenvalue weighted by molar-refractivity contribution is 0.370. The largest absolute Gasteiger partial charge is 0.385 e. The van der Waals surface area contributed by atoms with Gasteiger partial charge in [-0.15, -0.1) is 0 Å². The third-order valence-electron chi connectivity index (χ3n) is 3.11. The first-order valence-electron chi connectivity index (χ1n) is 7.19. The maximum Gasteiger partial charge on any atom is 0.241 e. The highest BCUT2D eigenvalue weighted by atomic mass is 32.2. The van der Waals surface area contributed by atoms with Gasteiger partial charge in [-0.25, -0.2) is 13.1 Å². The predicted molar refractivity (Wildman–Crippen MR) is 88.4 cm³/mol. The molecular formula is C15H27N3O2S. The number of likely N-dealkylation sites (N-methyl/N-ethyl adjacent to an activating group) is 1. The first-order valence-corrected chi connectivity index (χ1v) is 8.68. The lowest BCUT2D eigenvalue weighted by Crippen LogP contribution is -2.39. The zero-order valence-electron chi connectivity index (χ0n) is 13.8. The van der Waals surface area contributed by atoms with Crippen molar-refractivity contribution in [3.05, 3.63) is 23.3 Å². The molecule has 0 saturated carbocycles. The van der Waals surface area contributed by atoms with Gasteiger partial charge in [-0.3, -0.25) is 0 Å². The Morgan fingerprint density at radius 1 is 1.19 bits per heavy atom. The maximum atomic E-state index is 12.6. The SMILES string of the molecule is CCNc1cc(C)c(S(=O)(=O)NC(C)CN(C)C)c(C)c1. The summed E-state index contributed by atoms with van der Waals surface area (Å²) < 4.78 is 27.9. The zero-order valence-corrected chi connectivity index (χ0v) is 14.6. The standard InChI is InChI=1S/C15H27N3O2S/c1-7-16-14-8-11(2)15(12(3)9-14)21(19,20)17-13(4)10-18(5)6/h8-9,13,16-17H,7,10H2,1-6H3. The van der Waals surface area contributed by atoms with E-state index in [1.807, 2.05) is 58.8 Å². The van der Waals surface area contributed by atoms with Crippen LogP contribution in [0.1, 0.15) is 25.0 Å². The van der Waals surface area contributed by atoms with Crippen LogP contribution in [-0.2, 0) is 10.0 Å². The smallest absolute Gasteiger partial charge is 0.241 e. The van der Waals surface area contributed by atoms with Gasteiger partial charge in [-0.1, -0.05) is 0 Å². The molecule has 1 atom stereocenters. The molecule has 0 aliphatic carbocycles. The molecule has 6 heteroatoms. The van der Waals surface area contributed by atoms with Crippen LogP contribution in [0.3, 0.4) is 0 Å². The minimum absolute atomic E-state index is 0.141. The van der Waals surface area contributed by atoms with Crippen molar-refractivity contribution in [2.45, 2.75) is 38.6 Å². The molecule has 0 saturated heterocycles. The first kappa shape index (κ1) is 17.9. The number of hydrogen-bond donors (Lipinski definition) is 2. The molecular weight excluding hydrogens is 286 g/mol. The van der Waals surface area contributed by atoms with Gasteiger partial charge in [0.2, 0.25) is 10.0 Å². The van der Waals surface area contributed by atoms with Crippen LogP contribution in [0.2, 0.25) is 0 Å². The molecule has 1 aromatic carbocycles. The Labute approximate surface area is 128 Å². The molecule has 0 aliphatic heterocycles. The molecule has 1 unspecified atom stereocenters. The minimum atomic E-state index is -3.50. The number of nitrogens with zero attached hydrogens (tertiary/aromatic N) is 1. The number of nitrogens with one attached hydrogen (secondary N) is 2. The lowest BCUT2D eigenvalue weighted by Gasteiger charge is -2.20. The quantitative estimate of drug-likeness (QED) is 0.808. The summed E-state index contributed by atoms with van der Waals surface area (Å²) in [6, 6.07) is 3.61. The van der Waals surface area contributed by atoms with E-state index in [-0.39, 0.29) is 6.04 Å². The van der Waals surface area contributed by atoms with Crippen molar-refractivity contribution in [1.29, 1.82) is 0 Å². The van der Waals surface area contributed by atoms with Crippen LogP contribution in [0, 0.1) is 13.8 Å². The molecule has 0 amide bonds. The Morgan fingerprint density at radius 3 is 2.14 bits per heavy atom. The highest BCUT2D eigenvalue weighted by Gasteiger charge is 2.22. The average molecular weight is 313 g/mol. The number of sulfonamides is 1. The average Bonchev–Trinajstić information content (AvgIpc) is 2.24. The Bertz CT molecular complexity index is 560. The Hall–Kier alpha value is -1.11. The molecule has 120 valence electrons. The van der Waals surface area contributed by atoms with Gasteiger partial charge in [-0.05, 0) is 65.0 Å². The van der Waals surface area contributed by atoms with Gasteiger partial charge >= 0.3 is 0 Å². The molecule has 0 aromatic heterocycles. The van der Waals surface area contributed by atoms with Crippen molar-refractivity contribution in [2.75, 3.05) is 32.5 Å². The highest BCUT2D eigenvalue weighted by Crippen LogP contribution is 2.24. The number of rotatable bonds is 7. The van der Waals surface area contributed by atoms with Gasteiger partial charge in [0.1, 0.15) is 0 Å². The van der Waals surface area contributed by atoms with Gasteiger partial charge in [-0.2, -0.15) is 0 Å². The molecule has 0 aliphatic rings. The monoisotopic (exact) mass is 313 g/mol. The number of benzene rings is 1. The van der Waals surface area contributed by atoms with E-state index in [1.54, 1.807) is 0 Å². The van der Waals surface area contributed by atoms with E-state index in [4.69, 9.17) is 0 Å². The summed E-state index contributed by atoms with van der Waals surface area (Å²) in [6.45, 7) is 9.02. The predicted octanol–water partition coefficient (Wildman–Crippen LogP) is 1.96. The molecule has 1 aromatic rings. The topological polar surface area (TPSA) is 61.4 Å². The lowest BCUT2D eigenvalue weighted by atomic mass is 10.1. The Balaban J connectivity index is 3.08. The van der Waals surface area contributed by atoms with Gasteiger partial charge in [0.15, 0.2) is 0 Å². The fourth-order valence-corrected chi connectivity index (χ4v) is 4.28. The van der Waals surface area contributed by atoms with Crippen LogP contribution in [0.5, 0.6) is 0 Å². The van der Waals surface area contributed by atoms with Crippen molar-refractivity contribution in [2.24, 2.45) is 0 Å². The van der Waals surface area contributed by atoms with E-state index in [9.17, 15) is 8.42 Å². The van der Waals surface area contributed by atoms with E-state index < -0.39 is 10.0 Å². The zero-order chi connectivity index (χ0) is 16.2. The molecule has 0 spiro atoms. The van der Waals surface area contributed by atoms with Crippen LogP contribution in [-0.4, -0.2) is 46.5 Å². The first-order chi connectivity index (χ1) is 9.67. The molecule has 0 heterocycles. The van der Waals surface area contributed by atoms with Crippen LogP contribution < -0.4 is 10.0 Å². The van der Waals surface area contributed by atoms with E-state index >= 15 is 0 Å². The molecule has 0 fully saturated rings. The van der Waals surface area contributed by atoms with E-state index in [0.717, 1.165) is 23.4 Å². The second-order valence-electron chi connectivity index (χ2n) is 5.75. The molecule has 1 rings (SSSR count). The van der Waals surface area contributed by atoms with Crippen molar-refractivity contribution in [3.63, 3.8) is 0 Å². The fourth-order valence-electron chi connectivity index (χ4n) is 2.59. The normalized spacial score (nSPS) is 13.5. The van der Waals surface area contributed by atoms with E-state index in [0.29, 0.717) is 11.4 Å². The summed E-state index contributed by atoms with van der Waals surface area (Å²) in [5.41, 5.74) is 2.47. The maximum absolute atomic E-state index is 12.6. The van der Waals surface area contributed by atoms with Crippen molar-refractivity contribution >= 4 is 15.7 Å². The van der Waals surface area contributed by atoms with Crippen molar-refractivity contribution in [3.8, 4) is 0 Å². The van der Waals surface area contributed by atoms with Crippen LogP contribution in [0.15, 0.2) is 17.0 Å². The fraction of sp³-hybridized carbons (Fsp3) is 0.600. The molecule has 21 heavy (non-hydrogen) atoms. The number of aryl methyl sites for hydroxylation is 2. The Morgan fingerprint density at radius 2 is 1.71 bits per heavy atom. The summed E-state index contributed by atoms with van der Waals surface area (Å²) in [5, 5.41) is 3.21. The van der Waals surface area contributed by atoms with Crippen molar-refractivity contribution in [1.82, 2.24) is 9.62 Å². The summed E-state index contributed by atoms with van der Waals surface area (Å²) in [4.78, 5) is 2.34. The van der Waals surface area contributed by atoms with E-state index in [1.165, 1.54) is 0 Å². The summed E-state index contributed by atoms with van der Waals surface area (Å²) in [5.74, 6) is 0. The molecule has 5 nitrogen and oxygen atoms in total. The van der Waals surface area contributed by atoms with Crippen LogP contribution in [0.25, 0.3) is 0 Å².